The SMILES string of the molecule is CCCNc1nc(Nc2ccc(S(=O)(=O)N3CCOCC3)cc2OC)nc2[nH]cc(C(F)(F)F)c12. The molecule has 0 saturated carbocycles. The van der Waals surface area contributed by atoms with E-state index in [0.717, 1.165) is 6.20 Å². The van der Waals surface area contributed by atoms with Gasteiger partial charge in [0.05, 0.1) is 41.9 Å². The van der Waals surface area contributed by atoms with Gasteiger partial charge in [0, 0.05) is 31.9 Å². The van der Waals surface area contributed by atoms with Crippen molar-refractivity contribution in [3.8, 4) is 5.75 Å². The van der Waals surface area contributed by atoms with E-state index >= 15 is 0 Å². The van der Waals surface area contributed by atoms with Crippen molar-refractivity contribution < 1.29 is 31.1 Å². The Morgan fingerprint density at radius 2 is 1.97 bits per heavy atom. The number of nitrogens with one attached hydrogen (secondary N) is 3. The number of anilines is 3. The molecule has 1 aromatic carbocycles. The highest BCUT2D eigenvalue weighted by molar-refractivity contribution is 7.89. The minimum absolute atomic E-state index is 0.00101. The number of morpholine rings is 1. The molecule has 3 aromatic rings. The lowest BCUT2D eigenvalue weighted by Gasteiger charge is -2.26. The number of halogens is 3. The Hall–Kier alpha value is -3.10. The molecular weight excluding hydrogens is 489 g/mol. The molecule has 0 amide bonds. The first-order valence-corrected chi connectivity index (χ1v) is 12.3. The van der Waals surface area contributed by atoms with Gasteiger partial charge in [0.25, 0.3) is 0 Å². The molecule has 0 bridgehead atoms. The van der Waals surface area contributed by atoms with E-state index in [1.807, 2.05) is 6.92 Å². The van der Waals surface area contributed by atoms with Crippen LogP contribution in [0.5, 0.6) is 5.75 Å². The fourth-order valence-corrected chi connectivity index (χ4v) is 5.10. The number of benzene rings is 1. The van der Waals surface area contributed by atoms with Crippen molar-refractivity contribution in [1.82, 2.24) is 19.3 Å². The van der Waals surface area contributed by atoms with E-state index in [9.17, 15) is 21.6 Å². The monoisotopic (exact) mass is 514 g/mol. The Labute approximate surface area is 199 Å². The number of methoxy groups -OCH3 is 1. The van der Waals surface area contributed by atoms with Crippen LogP contribution in [0.1, 0.15) is 18.9 Å². The predicted molar refractivity (Wildman–Crippen MR) is 124 cm³/mol. The lowest BCUT2D eigenvalue weighted by Crippen LogP contribution is -2.40. The van der Waals surface area contributed by atoms with Gasteiger partial charge in [0.1, 0.15) is 17.2 Å². The molecule has 14 heteroatoms. The number of nitrogens with zero attached hydrogens (tertiary/aromatic N) is 3. The van der Waals surface area contributed by atoms with Crippen LogP contribution in [0.15, 0.2) is 29.3 Å². The van der Waals surface area contributed by atoms with Crippen molar-refractivity contribution >= 4 is 38.5 Å². The predicted octanol–water partition coefficient (Wildman–Crippen LogP) is 3.57. The number of sulfonamides is 1. The fraction of sp³-hybridized carbons (Fsp3) is 0.429. The zero-order valence-electron chi connectivity index (χ0n) is 19.1. The third-order valence-corrected chi connectivity index (χ3v) is 7.30. The number of ether oxygens (including phenoxy) is 2. The van der Waals surface area contributed by atoms with Gasteiger partial charge < -0.3 is 25.1 Å². The molecule has 3 heterocycles. The molecule has 0 atom stereocenters. The van der Waals surface area contributed by atoms with Crippen molar-refractivity contribution in [2.24, 2.45) is 0 Å². The van der Waals surface area contributed by atoms with E-state index in [0.29, 0.717) is 31.9 Å². The van der Waals surface area contributed by atoms with Gasteiger partial charge in [-0.15, -0.1) is 0 Å². The number of hydrogen-bond donors (Lipinski definition) is 3. The molecule has 0 unspecified atom stereocenters. The molecule has 2 aromatic heterocycles. The molecule has 4 rings (SSSR count). The first-order chi connectivity index (χ1) is 16.6. The van der Waals surface area contributed by atoms with Crippen LogP contribution in [0, 0.1) is 0 Å². The third-order valence-electron chi connectivity index (χ3n) is 5.41. The molecule has 1 saturated heterocycles. The maximum Gasteiger partial charge on any atom is 0.418 e. The standard InChI is InChI=1S/C21H25F3N6O4S/c1-3-6-25-18-17-14(21(22,23)24)12-26-19(17)29-20(28-18)27-15-5-4-13(11-16(15)33-2)35(31,32)30-7-9-34-10-8-30/h4-5,11-12H,3,6-10H2,1-2H3,(H3,25,26,27,28,29). The van der Waals surface area contributed by atoms with E-state index in [1.54, 1.807) is 0 Å². The summed E-state index contributed by atoms with van der Waals surface area (Å²) >= 11 is 0. The number of fused-ring (bicyclic) bond motifs is 1. The second-order valence-electron chi connectivity index (χ2n) is 7.75. The molecule has 1 aliphatic rings. The van der Waals surface area contributed by atoms with E-state index in [-0.39, 0.29) is 46.5 Å². The molecule has 10 nitrogen and oxygen atoms in total. The number of hydrogen-bond acceptors (Lipinski definition) is 8. The average Bonchev–Trinajstić information content (AvgIpc) is 3.28. The summed E-state index contributed by atoms with van der Waals surface area (Å²) in [4.78, 5) is 11.0. The van der Waals surface area contributed by atoms with Crippen LogP contribution in [0.25, 0.3) is 11.0 Å². The minimum Gasteiger partial charge on any atom is -0.495 e. The Balaban J connectivity index is 1.69. The van der Waals surface area contributed by atoms with Crippen molar-refractivity contribution in [3.05, 3.63) is 30.0 Å². The number of alkyl halides is 3. The van der Waals surface area contributed by atoms with E-state index < -0.39 is 21.8 Å². The summed E-state index contributed by atoms with van der Waals surface area (Å²) in [5, 5.41) is 5.68. The van der Waals surface area contributed by atoms with E-state index in [2.05, 4.69) is 25.6 Å². The Morgan fingerprint density at radius 1 is 1.23 bits per heavy atom. The smallest absolute Gasteiger partial charge is 0.418 e. The zero-order chi connectivity index (χ0) is 25.2. The molecule has 0 spiro atoms. The van der Waals surface area contributed by atoms with Crippen LogP contribution in [0.4, 0.5) is 30.6 Å². The zero-order valence-corrected chi connectivity index (χ0v) is 19.9. The van der Waals surface area contributed by atoms with Gasteiger partial charge in [-0.1, -0.05) is 6.92 Å². The highest BCUT2D eigenvalue weighted by Crippen LogP contribution is 2.38. The maximum atomic E-state index is 13.5. The van der Waals surface area contributed by atoms with Gasteiger partial charge in [-0.05, 0) is 18.6 Å². The molecule has 0 aliphatic carbocycles. The number of aromatic amines is 1. The maximum absolute atomic E-state index is 13.5. The van der Waals surface area contributed by atoms with Crippen LogP contribution in [0.3, 0.4) is 0 Å². The van der Waals surface area contributed by atoms with E-state index in [1.165, 1.54) is 29.6 Å². The van der Waals surface area contributed by atoms with Crippen molar-refractivity contribution in [2.45, 2.75) is 24.4 Å². The van der Waals surface area contributed by atoms with Crippen LogP contribution in [-0.4, -0.2) is 67.6 Å². The van der Waals surface area contributed by atoms with Gasteiger partial charge >= 0.3 is 6.18 Å². The van der Waals surface area contributed by atoms with Crippen molar-refractivity contribution in [1.29, 1.82) is 0 Å². The molecule has 35 heavy (non-hydrogen) atoms. The molecule has 3 N–H and O–H groups in total. The van der Waals surface area contributed by atoms with Crippen molar-refractivity contribution in [3.63, 3.8) is 0 Å². The number of aromatic nitrogens is 3. The quantitative estimate of drug-likeness (QED) is 0.417. The second kappa shape index (κ2) is 9.87. The van der Waals surface area contributed by atoms with Crippen molar-refractivity contribution in [2.75, 3.05) is 50.6 Å². The summed E-state index contributed by atoms with van der Waals surface area (Å²) in [6, 6.07) is 4.29. The Morgan fingerprint density at radius 3 is 2.63 bits per heavy atom. The van der Waals surface area contributed by atoms with E-state index in [4.69, 9.17) is 9.47 Å². The third kappa shape index (κ3) is 5.13. The lowest BCUT2D eigenvalue weighted by molar-refractivity contribution is -0.136. The molecule has 190 valence electrons. The Kier molecular flexibility index (Phi) is 7.05. The normalized spacial score (nSPS) is 15.3. The molecule has 1 aliphatic heterocycles. The van der Waals surface area contributed by atoms with Gasteiger partial charge in [-0.25, -0.2) is 8.42 Å². The first-order valence-electron chi connectivity index (χ1n) is 10.9. The highest BCUT2D eigenvalue weighted by Gasteiger charge is 2.35. The van der Waals surface area contributed by atoms with Crippen LogP contribution >= 0.6 is 0 Å². The van der Waals surface area contributed by atoms with Gasteiger partial charge in [-0.2, -0.15) is 27.4 Å². The summed E-state index contributed by atoms with van der Waals surface area (Å²) in [5.74, 6) is 0.237. The second-order valence-corrected chi connectivity index (χ2v) is 9.69. The number of rotatable bonds is 8. The summed E-state index contributed by atoms with van der Waals surface area (Å²) in [5.41, 5.74) is -0.524. The molecule has 0 radical (unpaired) electrons. The highest BCUT2D eigenvalue weighted by atomic mass is 32.2. The Bertz CT molecular complexity index is 1310. The van der Waals surface area contributed by atoms with Gasteiger partial charge in [0.2, 0.25) is 16.0 Å². The average molecular weight is 515 g/mol. The summed E-state index contributed by atoms with van der Waals surface area (Å²) in [7, 11) is -2.37. The lowest BCUT2D eigenvalue weighted by atomic mass is 10.2. The fourth-order valence-electron chi connectivity index (χ4n) is 3.68. The summed E-state index contributed by atoms with van der Waals surface area (Å²) in [6.45, 7) is 3.43. The first kappa shape index (κ1) is 25.0. The van der Waals surface area contributed by atoms with Crippen LogP contribution in [0.2, 0.25) is 0 Å². The van der Waals surface area contributed by atoms with Crippen LogP contribution in [-0.2, 0) is 20.9 Å². The molecule has 1 fully saturated rings. The molecular formula is C21H25F3N6O4S. The van der Waals surface area contributed by atoms with Crippen LogP contribution < -0.4 is 15.4 Å². The van der Waals surface area contributed by atoms with Gasteiger partial charge in [0.15, 0.2) is 0 Å². The summed E-state index contributed by atoms with van der Waals surface area (Å²) in [6.07, 6.45) is -3.05. The largest absolute Gasteiger partial charge is 0.495 e. The summed E-state index contributed by atoms with van der Waals surface area (Å²) < 4.78 is 78.3. The topological polar surface area (TPSA) is 121 Å². The minimum atomic E-state index is -4.58. The number of H-pyrrole nitrogens is 1. The van der Waals surface area contributed by atoms with Gasteiger partial charge in [-0.3, -0.25) is 0 Å².